The van der Waals surface area contributed by atoms with E-state index in [-0.39, 0.29) is 10.0 Å². The van der Waals surface area contributed by atoms with E-state index in [4.69, 9.17) is 0 Å². The van der Waals surface area contributed by atoms with Crippen molar-refractivity contribution in [2.45, 2.75) is 18.9 Å². The number of rotatable bonds is 4. The fraction of sp³-hybridized carbons (Fsp3) is 0.385. The molecule has 1 amide bonds. The van der Waals surface area contributed by atoms with Crippen LogP contribution in [0.3, 0.4) is 0 Å². The molecule has 100 valence electrons. The Morgan fingerprint density at radius 3 is 2.79 bits per heavy atom. The third-order valence-electron chi connectivity index (χ3n) is 3.36. The molecule has 1 heterocycles. The molecular weight excluding hydrogens is 315 g/mol. The van der Waals surface area contributed by atoms with Crippen molar-refractivity contribution in [3.05, 3.63) is 28.0 Å². The molecule has 0 unspecified atom stereocenters. The molecule has 1 aromatic carbocycles. The van der Waals surface area contributed by atoms with E-state index in [9.17, 15) is 14.0 Å². The predicted octanol–water partition coefficient (Wildman–Crippen LogP) is 1.87. The van der Waals surface area contributed by atoms with Gasteiger partial charge in [0.25, 0.3) is 11.7 Å². The largest absolute Gasteiger partial charge is 0.312 e. The lowest BCUT2D eigenvalue weighted by Gasteiger charge is -2.16. The number of anilines is 1. The van der Waals surface area contributed by atoms with Crippen LogP contribution in [0.1, 0.15) is 23.2 Å². The number of fused-ring (bicyclic) bond motifs is 1. The molecule has 1 saturated carbocycles. The molecule has 19 heavy (non-hydrogen) atoms. The number of Topliss-reactive ketones (excluding diaryl/α,β-unsaturated/α-hetero) is 1. The van der Waals surface area contributed by atoms with Gasteiger partial charge in [-0.15, -0.1) is 0 Å². The zero-order chi connectivity index (χ0) is 13.6. The van der Waals surface area contributed by atoms with Gasteiger partial charge in [0.05, 0.1) is 15.7 Å². The second-order valence-corrected chi connectivity index (χ2v) is 5.65. The summed E-state index contributed by atoms with van der Waals surface area (Å²) >= 11 is 3.03. The summed E-state index contributed by atoms with van der Waals surface area (Å²) in [5.41, 5.74) is 0.637. The molecule has 1 N–H and O–H groups in total. The fourth-order valence-electron chi connectivity index (χ4n) is 2.18. The van der Waals surface area contributed by atoms with E-state index in [2.05, 4.69) is 21.2 Å². The highest BCUT2D eigenvalue weighted by Crippen LogP contribution is 2.33. The molecule has 1 aliphatic carbocycles. The molecule has 1 fully saturated rings. The van der Waals surface area contributed by atoms with Crippen molar-refractivity contribution < 1.29 is 14.0 Å². The molecule has 0 atom stereocenters. The van der Waals surface area contributed by atoms with Gasteiger partial charge in [0.15, 0.2) is 0 Å². The van der Waals surface area contributed by atoms with E-state index in [0.717, 1.165) is 12.8 Å². The Kier molecular flexibility index (Phi) is 3.14. The van der Waals surface area contributed by atoms with Gasteiger partial charge in [-0.1, -0.05) is 0 Å². The summed E-state index contributed by atoms with van der Waals surface area (Å²) in [5, 5.41) is 3.27. The molecule has 1 aromatic rings. The number of carbonyl (C=O) groups excluding carboxylic acids is 2. The lowest BCUT2D eigenvalue weighted by atomic mass is 10.1. The number of halogens is 2. The number of ketones is 1. The quantitative estimate of drug-likeness (QED) is 0.859. The molecule has 2 aliphatic rings. The number of nitrogens with zero attached hydrogens (tertiary/aromatic N) is 1. The van der Waals surface area contributed by atoms with Crippen LogP contribution in [0.5, 0.6) is 0 Å². The average Bonchev–Trinajstić information content (AvgIpc) is 3.17. The number of hydrogen-bond acceptors (Lipinski definition) is 3. The number of amides is 1. The normalized spacial score (nSPS) is 18.1. The first-order chi connectivity index (χ1) is 9.08. The van der Waals surface area contributed by atoms with E-state index >= 15 is 0 Å². The van der Waals surface area contributed by atoms with Crippen LogP contribution in [0.25, 0.3) is 0 Å². The second-order valence-electron chi connectivity index (χ2n) is 4.80. The Labute approximate surface area is 118 Å². The summed E-state index contributed by atoms with van der Waals surface area (Å²) in [6.07, 6.45) is 2.32. The van der Waals surface area contributed by atoms with Gasteiger partial charge >= 0.3 is 0 Å². The summed E-state index contributed by atoms with van der Waals surface area (Å²) in [5.74, 6) is -1.62. The molecule has 1 aliphatic heterocycles. The van der Waals surface area contributed by atoms with Crippen LogP contribution in [0.2, 0.25) is 0 Å². The molecule has 0 radical (unpaired) electrons. The highest BCUT2D eigenvalue weighted by molar-refractivity contribution is 9.10. The maximum atomic E-state index is 13.6. The molecule has 0 saturated heterocycles. The molecule has 6 heteroatoms. The van der Waals surface area contributed by atoms with Crippen LogP contribution < -0.4 is 10.2 Å². The average molecular weight is 327 g/mol. The monoisotopic (exact) mass is 326 g/mol. The van der Waals surface area contributed by atoms with Crippen molar-refractivity contribution in [3.8, 4) is 0 Å². The Hall–Kier alpha value is -1.27. The first-order valence-corrected chi connectivity index (χ1v) is 6.96. The third kappa shape index (κ3) is 2.30. The summed E-state index contributed by atoms with van der Waals surface area (Å²) in [4.78, 5) is 25.1. The van der Waals surface area contributed by atoms with Gasteiger partial charge in [0, 0.05) is 19.1 Å². The summed E-state index contributed by atoms with van der Waals surface area (Å²) in [7, 11) is 0. The van der Waals surface area contributed by atoms with Gasteiger partial charge in [-0.25, -0.2) is 4.39 Å². The van der Waals surface area contributed by atoms with Crippen molar-refractivity contribution in [1.29, 1.82) is 0 Å². The van der Waals surface area contributed by atoms with Crippen LogP contribution in [-0.4, -0.2) is 30.8 Å². The van der Waals surface area contributed by atoms with Gasteiger partial charge in [0.1, 0.15) is 5.82 Å². The first-order valence-electron chi connectivity index (χ1n) is 6.16. The number of carbonyl (C=O) groups is 2. The fourth-order valence-corrected chi connectivity index (χ4v) is 2.52. The Balaban J connectivity index is 1.83. The summed E-state index contributed by atoms with van der Waals surface area (Å²) < 4.78 is 13.7. The van der Waals surface area contributed by atoms with E-state index in [1.807, 2.05) is 0 Å². The molecule has 4 nitrogen and oxygen atoms in total. The second kappa shape index (κ2) is 4.68. The lowest BCUT2D eigenvalue weighted by Crippen LogP contribution is -2.36. The lowest BCUT2D eigenvalue weighted by molar-refractivity contribution is -0.114. The van der Waals surface area contributed by atoms with E-state index in [0.29, 0.717) is 24.8 Å². The standard InChI is InChI=1S/C13H12BrFN2O2/c14-9-5-8-11(6-10(9)15)17(13(19)12(8)18)4-3-16-7-1-2-7/h5-7,16H,1-4H2. The van der Waals surface area contributed by atoms with Gasteiger partial charge < -0.3 is 10.2 Å². The van der Waals surface area contributed by atoms with Crippen molar-refractivity contribution in [1.82, 2.24) is 5.32 Å². The SMILES string of the molecule is O=C1C(=O)N(CCNC2CC2)c2cc(F)c(Br)cc21. The molecule has 0 aromatic heterocycles. The molecule has 3 rings (SSSR count). The van der Waals surface area contributed by atoms with Gasteiger partial charge in [-0.3, -0.25) is 9.59 Å². The number of hydrogen-bond donors (Lipinski definition) is 1. The van der Waals surface area contributed by atoms with Crippen LogP contribution in [0, 0.1) is 5.82 Å². The van der Waals surface area contributed by atoms with Crippen LogP contribution >= 0.6 is 15.9 Å². The minimum Gasteiger partial charge on any atom is -0.312 e. The number of benzene rings is 1. The zero-order valence-electron chi connectivity index (χ0n) is 10.1. The first kappa shape index (κ1) is 12.7. The maximum absolute atomic E-state index is 13.6. The van der Waals surface area contributed by atoms with Crippen molar-refractivity contribution in [2.75, 3.05) is 18.0 Å². The smallest absolute Gasteiger partial charge is 0.299 e. The van der Waals surface area contributed by atoms with E-state index in [1.54, 1.807) is 0 Å². The Morgan fingerprint density at radius 2 is 2.11 bits per heavy atom. The Bertz CT molecular complexity index is 572. The predicted molar refractivity (Wildman–Crippen MR) is 71.8 cm³/mol. The van der Waals surface area contributed by atoms with Crippen molar-refractivity contribution in [3.63, 3.8) is 0 Å². The summed E-state index contributed by atoms with van der Waals surface area (Å²) in [6.45, 7) is 0.996. The topological polar surface area (TPSA) is 49.4 Å². The minimum atomic E-state index is -0.579. The summed E-state index contributed by atoms with van der Waals surface area (Å²) in [6, 6.07) is 3.15. The van der Waals surface area contributed by atoms with Gasteiger partial charge in [-0.2, -0.15) is 0 Å². The third-order valence-corrected chi connectivity index (χ3v) is 3.97. The van der Waals surface area contributed by atoms with Gasteiger partial charge in [0.2, 0.25) is 0 Å². The minimum absolute atomic E-state index is 0.199. The van der Waals surface area contributed by atoms with Crippen LogP contribution in [0.15, 0.2) is 16.6 Å². The highest BCUT2D eigenvalue weighted by atomic mass is 79.9. The highest BCUT2D eigenvalue weighted by Gasteiger charge is 2.36. The van der Waals surface area contributed by atoms with Gasteiger partial charge in [-0.05, 0) is 40.9 Å². The van der Waals surface area contributed by atoms with Crippen molar-refractivity contribution >= 4 is 33.3 Å². The Morgan fingerprint density at radius 1 is 1.37 bits per heavy atom. The molecule has 0 spiro atoms. The van der Waals surface area contributed by atoms with Crippen LogP contribution in [0.4, 0.5) is 10.1 Å². The zero-order valence-corrected chi connectivity index (χ0v) is 11.7. The van der Waals surface area contributed by atoms with E-state index < -0.39 is 17.5 Å². The maximum Gasteiger partial charge on any atom is 0.299 e. The molecular formula is C13H12BrFN2O2. The van der Waals surface area contributed by atoms with Crippen LogP contribution in [-0.2, 0) is 4.79 Å². The number of nitrogens with one attached hydrogen (secondary N) is 1. The molecule has 0 bridgehead atoms. The van der Waals surface area contributed by atoms with Crippen molar-refractivity contribution in [2.24, 2.45) is 0 Å². The van der Waals surface area contributed by atoms with E-state index in [1.165, 1.54) is 17.0 Å².